The number of thiazole rings is 1. The molecule has 6 N–H and O–H groups in total. The molecule has 4 heterocycles. The molecule has 0 aliphatic carbocycles. The van der Waals surface area contributed by atoms with Gasteiger partial charge in [-0.2, -0.15) is 0 Å². The number of carbonyl (C=O) groups excluding carboxylic acids is 3. The number of oxime groups is 1. The van der Waals surface area contributed by atoms with E-state index in [4.69, 9.17) is 15.7 Å². The zero-order valence-electron chi connectivity index (χ0n) is 21.7. The summed E-state index contributed by atoms with van der Waals surface area (Å²) in [6.45, 7) is -0.342. The van der Waals surface area contributed by atoms with Gasteiger partial charge in [0.25, 0.3) is 11.8 Å². The van der Waals surface area contributed by atoms with Gasteiger partial charge < -0.3 is 35.7 Å². The lowest BCUT2D eigenvalue weighted by Gasteiger charge is -2.49. The van der Waals surface area contributed by atoms with Crippen LogP contribution in [0.5, 0.6) is 0 Å². The molecule has 3 aliphatic rings. The molecule has 0 saturated carbocycles. The summed E-state index contributed by atoms with van der Waals surface area (Å²) in [6.07, 6.45) is 1.11. The second-order valence-corrected chi connectivity index (χ2v) is 11.8. The second-order valence-electron chi connectivity index (χ2n) is 9.81. The molecule has 1 aromatic rings. The predicted molar refractivity (Wildman–Crippen MR) is 146 cm³/mol. The van der Waals surface area contributed by atoms with E-state index in [9.17, 15) is 34.2 Å². The quantitative estimate of drug-likeness (QED) is 0.0814. The maximum Gasteiger partial charge on any atom is 0.352 e. The first-order valence-corrected chi connectivity index (χ1v) is 13.8. The minimum atomic E-state index is -1.32. The van der Waals surface area contributed by atoms with Crippen molar-refractivity contribution in [3.05, 3.63) is 34.1 Å². The number of aromatic nitrogens is 1. The number of nitrogens with zero attached hydrogens (tertiary/aromatic N) is 5. The number of aliphatic imine (C=N–C) groups is 1. The van der Waals surface area contributed by atoms with Crippen LogP contribution in [-0.4, -0.2) is 128 Å². The fourth-order valence-electron chi connectivity index (χ4n) is 4.39. The fourth-order valence-corrected chi connectivity index (χ4v) is 6.27. The average Bonchev–Trinajstić information content (AvgIpc) is 3.31. The number of nitrogen functional groups attached to an aromatic ring is 1. The number of anilines is 1. The topological polar surface area (TPSA) is 234 Å². The van der Waals surface area contributed by atoms with Crippen LogP contribution >= 0.6 is 23.1 Å². The highest BCUT2D eigenvalue weighted by Crippen LogP contribution is 2.41. The summed E-state index contributed by atoms with van der Waals surface area (Å²) in [5.74, 6) is -4.41. The Morgan fingerprint density at radius 3 is 2.61 bits per heavy atom. The summed E-state index contributed by atoms with van der Waals surface area (Å²) < 4.78 is 0.207. The minimum Gasteiger partial charge on any atom is -0.479 e. The molecular weight excluding hydrogens is 582 g/mol. The molecule has 0 radical (unpaired) electrons. The molecule has 218 valence electrons. The van der Waals surface area contributed by atoms with Gasteiger partial charge in [-0.1, -0.05) is 5.16 Å². The fraction of sp³-hybridized carbons (Fsp3) is 0.391. The maximum absolute atomic E-state index is 13.1. The summed E-state index contributed by atoms with van der Waals surface area (Å²) in [5, 5.41) is 35.2. The molecule has 3 aliphatic heterocycles. The number of carboxylic acid groups (broad SMARTS) is 2. The number of aliphatic carboxylic acids is 2. The summed E-state index contributed by atoms with van der Waals surface area (Å²) in [5.41, 5.74) is 5.97. The van der Waals surface area contributed by atoms with Crippen LogP contribution in [0.4, 0.5) is 5.13 Å². The average molecular weight is 609 g/mol. The molecule has 4 rings (SSSR count). The Bertz CT molecular complexity index is 1430. The van der Waals surface area contributed by atoms with Crippen molar-refractivity contribution in [2.75, 3.05) is 45.3 Å². The number of amides is 2. The highest BCUT2D eigenvalue weighted by molar-refractivity contribution is 8.00. The monoisotopic (exact) mass is 608 g/mol. The van der Waals surface area contributed by atoms with Crippen molar-refractivity contribution in [1.82, 2.24) is 15.2 Å². The number of carbonyl (C=O) groups is 5. The van der Waals surface area contributed by atoms with Crippen LogP contribution in [0.2, 0.25) is 0 Å². The molecule has 1 unspecified atom stereocenters. The molecule has 0 bridgehead atoms. The summed E-state index contributed by atoms with van der Waals surface area (Å²) in [6, 6.07) is -1.09. The minimum absolute atomic E-state index is 0.0114. The van der Waals surface area contributed by atoms with E-state index in [2.05, 4.69) is 20.4 Å². The molecule has 1 fully saturated rings. The smallest absolute Gasteiger partial charge is 0.352 e. The molecule has 3 atom stereocenters. The Balaban J connectivity index is 1.50. The van der Waals surface area contributed by atoms with Gasteiger partial charge in [0, 0.05) is 29.0 Å². The number of quaternary nitrogens is 1. The number of hydrogen-bond donors (Lipinski definition) is 5. The molecule has 2 amide bonds. The SMILES string of the molecule is C[N+](C)(CC1=CC(=O)C(O)C=N1)CC1=C(C(=O)O)N2C(=O)[C@@H](NC(=O)C(=NOCC(=O)O)c3csc(N)n3)[C@@H]2SC1. The summed E-state index contributed by atoms with van der Waals surface area (Å²) in [7, 11) is 3.63. The molecule has 1 saturated heterocycles. The predicted octanol–water partition coefficient (Wildman–Crippen LogP) is -1.76. The number of rotatable bonds is 11. The van der Waals surface area contributed by atoms with E-state index < -0.39 is 59.4 Å². The van der Waals surface area contributed by atoms with E-state index in [0.29, 0.717) is 11.3 Å². The number of β-lactam (4-membered cyclic amide) rings is 1. The first kappa shape index (κ1) is 29.8. The van der Waals surface area contributed by atoms with Crippen LogP contribution in [-0.2, 0) is 28.8 Å². The number of likely N-dealkylation sites (N-methyl/N-ethyl adjacent to an activating group) is 1. The van der Waals surface area contributed by atoms with Gasteiger partial charge in [0.05, 0.1) is 19.8 Å². The Morgan fingerprint density at radius 1 is 1.27 bits per heavy atom. The Morgan fingerprint density at radius 2 is 2.00 bits per heavy atom. The van der Waals surface area contributed by atoms with E-state index in [1.807, 2.05) is 14.1 Å². The third-order valence-corrected chi connectivity index (χ3v) is 8.06. The summed E-state index contributed by atoms with van der Waals surface area (Å²) >= 11 is 2.27. The van der Waals surface area contributed by atoms with E-state index in [0.717, 1.165) is 22.5 Å². The number of thioether (sulfide) groups is 1. The van der Waals surface area contributed by atoms with Gasteiger partial charge in [0.15, 0.2) is 22.7 Å². The van der Waals surface area contributed by atoms with Gasteiger partial charge >= 0.3 is 11.9 Å². The zero-order valence-corrected chi connectivity index (χ0v) is 23.3. The number of fused-ring (bicyclic) bond motifs is 1. The van der Waals surface area contributed by atoms with Gasteiger partial charge in [-0.15, -0.1) is 23.1 Å². The van der Waals surface area contributed by atoms with E-state index >= 15 is 0 Å². The second kappa shape index (κ2) is 11.8. The number of nitrogens with two attached hydrogens (primary N) is 1. The number of nitrogens with one attached hydrogen (secondary N) is 1. The maximum atomic E-state index is 13.1. The lowest BCUT2D eigenvalue weighted by molar-refractivity contribution is -0.880. The number of aliphatic hydroxyl groups excluding tert-OH is 1. The number of hydrogen-bond acceptors (Lipinski definition) is 13. The molecular formula is C23H26N7O9S2+. The van der Waals surface area contributed by atoms with Crippen LogP contribution in [0.25, 0.3) is 0 Å². The molecule has 18 heteroatoms. The molecule has 0 spiro atoms. The van der Waals surface area contributed by atoms with Crippen LogP contribution in [0.1, 0.15) is 5.69 Å². The van der Waals surface area contributed by atoms with Crippen molar-refractivity contribution >= 4 is 69.7 Å². The van der Waals surface area contributed by atoms with Crippen LogP contribution < -0.4 is 11.1 Å². The van der Waals surface area contributed by atoms with Crippen molar-refractivity contribution in [2.24, 2.45) is 10.1 Å². The molecule has 1 aromatic heterocycles. The highest BCUT2D eigenvalue weighted by Gasteiger charge is 2.55. The van der Waals surface area contributed by atoms with Crippen LogP contribution in [0.3, 0.4) is 0 Å². The normalized spacial score (nSPS) is 22.6. The standard InChI is InChI=1S/C23H25N7O9S2/c1-30(2,6-11-3-13(31)14(32)4-25-11)5-10-8-40-21-17(20(36)29(21)18(10)22(37)38)27-19(35)16(28-39-7-15(33)34)12-9-41-23(24)26-12/h3-4,9,14,17,21,32H,5-8H2,1-2H3,(H4-,24,26,27,33,34,35,37,38)/p+1/t14?,17-,21+/m1/s1. The third-order valence-electron chi connectivity index (χ3n) is 6.05. The molecule has 41 heavy (non-hydrogen) atoms. The molecule has 0 aromatic carbocycles. The lowest BCUT2D eigenvalue weighted by atomic mass is 10.0. The van der Waals surface area contributed by atoms with Crippen molar-refractivity contribution in [3.63, 3.8) is 0 Å². The molecule has 16 nitrogen and oxygen atoms in total. The van der Waals surface area contributed by atoms with Gasteiger partial charge in [0.1, 0.15) is 35.9 Å². The highest BCUT2D eigenvalue weighted by atomic mass is 32.2. The number of ketones is 1. The van der Waals surface area contributed by atoms with Crippen molar-refractivity contribution in [2.45, 2.75) is 17.5 Å². The third kappa shape index (κ3) is 6.62. The van der Waals surface area contributed by atoms with Crippen molar-refractivity contribution < 1.29 is 48.6 Å². The Hall–Kier alpha value is -4.13. The van der Waals surface area contributed by atoms with E-state index in [1.165, 1.54) is 23.2 Å². The van der Waals surface area contributed by atoms with E-state index in [1.54, 1.807) is 0 Å². The summed E-state index contributed by atoms with van der Waals surface area (Å²) in [4.78, 5) is 74.9. The van der Waals surface area contributed by atoms with Gasteiger partial charge in [-0.3, -0.25) is 24.3 Å². The van der Waals surface area contributed by atoms with Crippen LogP contribution in [0, 0.1) is 0 Å². The van der Waals surface area contributed by atoms with Gasteiger partial charge in [0.2, 0.25) is 6.61 Å². The Kier molecular flexibility index (Phi) is 8.57. The van der Waals surface area contributed by atoms with Crippen molar-refractivity contribution in [3.8, 4) is 0 Å². The first-order valence-electron chi connectivity index (χ1n) is 11.9. The number of aliphatic hydroxyl groups is 1. The number of carboxylic acids is 2. The zero-order chi connectivity index (χ0) is 30.1. The van der Waals surface area contributed by atoms with Crippen LogP contribution in [0.15, 0.2) is 38.6 Å². The van der Waals surface area contributed by atoms with Gasteiger partial charge in [-0.05, 0) is 0 Å². The largest absolute Gasteiger partial charge is 0.479 e. The van der Waals surface area contributed by atoms with Gasteiger partial charge in [-0.25, -0.2) is 14.6 Å². The first-order chi connectivity index (χ1) is 19.3. The lowest BCUT2D eigenvalue weighted by Crippen LogP contribution is -2.71. The van der Waals surface area contributed by atoms with Crippen molar-refractivity contribution in [1.29, 1.82) is 0 Å². The van der Waals surface area contributed by atoms with E-state index in [-0.39, 0.29) is 39.8 Å². The Labute approximate surface area is 240 Å².